The van der Waals surface area contributed by atoms with Crippen LogP contribution in [0.4, 0.5) is 0 Å². The van der Waals surface area contributed by atoms with Crippen molar-refractivity contribution in [3.63, 3.8) is 0 Å². The van der Waals surface area contributed by atoms with Gasteiger partial charge in [-0.2, -0.15) is 0 Å². The van der Waals surface area contributed by atoms with E-state index in [9.17, 15) is 18.3 Å². The Morgan fingerprint density at radius 3 is 2.46 bits per heavy atom. The third kappa shape index (κ3) is 2.29. The largest absolute Gasteiger partial charge is 0.480 e. The molecule has 1 fully saturated rings. The number of ether oxygens (including phenoxy) is 2. The lowest BCUT2D eigenvalue weighted by molar-refractivity contribution is -0.139. The lowest BCUT2D eigenvalue weighted by atomic mass is 10.1. The molecule has 0 aromatic heterocycles. The molecule has 3 N–H and O–H groups in total. The summed E-state index contributed by atoms with van der Waals surface area (Å²) in [6.45, 7) is 1.91. The van der Waals surface area contributed by atoms with Crippen LogP contribution in [0.5, 0.6) is 11.5 Å². The van der Waals surface area contributed by atoms with Crippen LogP contribution in [0.25, 0.3) is 0 Å². The average Bonchev–Trinajstić information content (AvgIpc) is 3.01. The van der Waals surface area contributed by atoms with E-state index >= 15 is 0 Å². The number of hydrogen-bond donors (Lipinski definition) is 2. The van der Waals surface area contributed by atoms with Gasteiger partial charge in [-0.05, 0) is 36.8 Å². The summed E-state index contributed by atoms with van der Waals surface area (Å²) in [5.41, 5.74) is 5.57. The van der Waals surface area contributed by atoms with Gasteiger partial charge in [-0.15, -0.1) is 0 Å². The van der Waals surface area contributed by atoms with E-state index in [2.05, 4.69) is 0 Å². The lowest BCUT2D eigenvalue weighted by Crippen LogP contribution is -2.39. The second-order valence-corrected chi connectivity index (χ2v) is 8.68. The zero-order chi connectivity index (χ0) is 18.7. The van der Waals surface area contributed by atoms with Gasteiger partial charge in [-0.1, -0.05) is 23.8 Å². The average molecular weight is 375 g/mol. The molecule has 8 heteroatoms. The Bertz CT molecular complexity index is 1000. The van der Waals surface area contributed by atoms with Crippen molar-refractivity contribution in [1.29, 1.82) is 0 Å². The standard InChI is InChI=1S/C18H17NO6S/c1-10-2-5-12(6-3-10)26(22,23)16-15(18(16,19)17(20)21)11-4-7-13-14(8-11)25-9-24-13/h2-8,15-16H,9,19H2,1H3,(H,20,21)/t15-,16-,18-/m1/s1. The molecule has 0 radical (unpaired) electrons. The Hall–Kier alpha value is -2.58. The smallest absolute Gasteiger partial charge is 0.325 e. The fourth-order valence-corrected chi connectivity index (χ4v) is 5.73. The molecular formula is C18H17NO6S. The van der Waals surface area contributed by atoms with Crippen LogP contribution in [0.15, 0.2) is 47.4 Å². The van der Waals surface area contributed by atoms with Gasteiger partial charge in [0.1, 0.15) is 10.8 Å². The van der Waals surface area contributed by atoms with Gasteiger partial charge in [0.2, 0.25) is 6.79 Å². The first-order valence-corrected chi connectivity index (χ1v) is 9.53. The lowest BCUT2D eigenvalue weighted by Gasteiger charge is -2.07. The Labute approximate surface area is 150 Å². The maximum atomic E-state index is 13.0. The summed E-state index contributed by atoms with van der Waals surface area (Å²) >= 11 is 0. The predicted octanol–water partition coefficient (Wildman–Crippen LogP) is 1.45. The highest BCUT2D eigenvalue weighted by Crippen LogP contribution is 2.56. The minimum atomic E-state index is -3.92. The fraction of sp³-hybridized carbons (Fsp3) is 0.278. The van der Waals surface area contributed by atoms with Crippen LogP contribution >= 0.6 is 0 Å². The number of hydrogen-bond acceptors (Lipinski definition) is 6. The maximum Gasteiger partial charge on any atom is 0.325 e. The first kappa shape index (κ1) is 16.9. The fourth-order valence-electron chi connectivity index (χ4n) is 3.50. The van der Waals surface area contributed by atoms with Gasteiger partial charge >= 0.3 is 5.97 Å². The third-order valence-corrected chi connectivity index (χ3v) is 7.25. The van der Waals surface area contributed by atoms with E-state index in [0.29, 0.717) is 17.1 Å². The van der Waals surface area contributed by atoms with Crippen molar-refractivity contribution in [3.8, 4) is 11.5 Å². The van der Waals surface area contributed by atoms with Crippen LogP contribution in [0.3, 0.4) is 0 Å². The maximum absolute atomic E-state index is 13.0. The number of carboxylic acid groups (broad SMARTS) is 1. The minimum Gasteiger partial charge on any atom is -0.480 e. The first-order chi connectivity index (χ1) is 12.3. The highest BCUT2D eigenvalue weighted by molar-refractivity contribution is 7.92. The van der Waals surface area contributed by atoms with E-state index in [4.69, 9.17) is 15.2 Å². The molecule has 4 rings (SSSR count). The van der Waals surface area contributed by atoms with E-state index in [1.807, 2.05) is 6.92 Å². The van der Waals surface area contributed by atoms with E-state index in [1.54, 1.807) is 30.3 Å². The molecule has 1 aliphatic carbocycles. The molecule has 0 spiro atoms. The second kappa shape index (κ2) is 5.46. The molecule has 2 aromatic rings. The molecule has 1 aliphatic heterocycles. The summed E-state index contributed by atoms with van der Waals surface area (Å²) in [5.74, 6) is -1.24. The zero-order valence-corrected chi connectivity index (χ0v) is 14.7. The van der Waals surface area contributed by atoms with E-state index < -0.39 is 32.5 Å². The molecular weight excluding hydrogens is 358 g/mol. The third-order valence-electron chi connectivity index (χ3n) is 4.99. The van der Waals surface area contributed by atoms with Crippen LogP contribution in [-0.4, -0.2) is 37.1 Å². The molecule has 1 heterocycles. The molecule has 0 bridgehead atoms. The number of aliphatic carboxylic acids is 1. The van der Waals surface area contributed by atoms with Crippen LogP contribution in [0.1, 0.15) is 17.0 Å². The highest BCUT2D eigenvalue weighted by Gasteiger charge is 2.74. The zero-order valence-electron chi connectivity index (χ0n) is 13.9. The van der Waals surface area contributed by atoms with Gasteiger partial charge in [0.15, 0.2) is 21.3 Å². The Kier molecular flexibility index (Phi) is 3.54. The number of carbonyl (C=O) groups is 1. The quantitative estimate of drug-likeness (QED) is 0.831. The van der Waals surface area contributed by atoms with Gasteiger partial charge < -0.3 is 20.3 Å². The van der Waals surface area contributed by atoms with Crippen LogP contribution in [0, 0.1) is 6.92 Å². The number of rotatable bonds is 4. The van der Waals surface area contributed by atoms with Crippen molar-refractivity contribution in [2.24, 2.45) is 5.73 Å². The van der Waals surface area contributed by atoms with Crippen LogP contribution < -0.4 is 15.2 Å². The monoisotopic (exact) mass is 375 g/mol. The molecule has 0 unspecified atom stereocenters. The van der Waals surface area contributed by atoms with Crippen molar-refractivity contribution < 1.29 is 27.8 Å². The predicted molar refractivity (Wildman–Crippen MR) is 92.0 cm³/mol. The molecule has 7 nitrogen and oxygen atoms in total. The van der Waals surface area contributed by atoms with E-state index in [1.165, 1.54) is 12.1 Å². The molecule has 2 aliphatic rings. The first-order valence-electron chi connectivity index (χ1n) is 7.98. The summed E-state index contributed by atoms with van der Waals surface area (Å²) in [7, 11) is -3.92. The molecule has 136 valence electrons. The summed E-state index contributed by atoms with van der Waals surface area (Å²) < 4.78 is 36.6. The number of aryl methyl sites for hydroxylation is 1. The van der Waals surface area contributed by atoms with Gasteiger partial charge in [-0.25, -0.2) is 8.42 Å². The number of carboxylic acids is 1. The SMILES string of the molecule is Cc1ccc(S(=O)(=O)[C@@H]2[C@@H](c3ccc4c(c3)OCO4)[C@]2(N)C(=O)O)cc1. The van der Waals surface area contributed by atoms with Crippen molar-refractivity contribution in [2.75, 3.05) is 6.79 Å². The van der Waals surface area contributed by atoms with Crippen molar-refractivity contribution in [2.45, 2.75) is 28.5 Å². The second-order valence-electron chi connectivity index (χ2n) is 6.61. The van der Waals surface area contributed by atoms with Crippen molar-refractivity contribution >= 4 is 15.8 Å². The number of nitrogens with two attached hydrogens (primary N) is 1. The molecule has 3 atom stereocenters. The van der Waals surface area contributed by atoms with Crippen molar-refractivity contribution in [1.82, 2.24) is 0 Å². The van der Waals surface area contributed by atoms with Gasteiger partial charge in [0.25, 0.3) is 0 Å². The number of benzene rings is 2. The minimum absolute atomic E-state index is 0.0624. The number of sulfone groups is 1. The Morgan fingerprint density at radius 1 is 1.15 bits per heavy atom. The molecule has 2 aromatic carbocycles. The Morgan fingerprint density at radius 2 is 1.81 bits per heavy atom. The molecule has 0 saturated heterocycles. The summed E-state index contributed by atoms with van der Waals surface area (Å²) in [6.07, 6.45) is 0. The topological polar surface area (TPSA) is 116 Å². The van der Waals surface area contributed by atoms with Crippen LogP contribution in [-0.2, 0) is 14.6 Å². The van der Waals surface area contributed by atoms with Gasteiger partial charge in [-0.3, -0.25) is 4.79 Å². The van der Waals surface area contributed by atoms with Gasteiger partial charge in [0, 0.05) is 5.92 Å². The Balaban J connectivity index is 1.77. The number of fused-ring (bicyclic) bond motifs is 1. The summed E-state index contributed by atoms with van der Waals surface area (Å²) in [4.78, 5) is 11.9. The molecule has 26 heavy (non-hydrogen) atoms. The van der Waals surface area contributed by atoms with E-state index in [0.717, 1.165) is 5.56 Å². The summed E-state index contributed by atoms with van der Waals surface area (Å²) in [5, 5.41) is 8.36. The summed E-state index contributed by atoms with van der Waals surface area (Å²) in [6, 6.07) is 11.2. The van der Waals surface area contributed by atoms with Crippen LogP contribution in [0.2, 0.25) is 0 Å². The van der Waals surface area contributed by atoms with Gasteiger partial charge in [0.05, 0.1) is 4.90 Å². The van der Waals surface area contributed by atoms with E-state index in [-0.39, 0.29) is 11.7 Å². The molecule has 1 saturated carbocycles. The normalized spacial score (nSPS) is 26.5. The highest BCUT2D eigenvalue weighted by atomic mass is 32.2. The van der Waals surface area contributed by atoms with Crippen molar-refractivity contribution in [3.05, 3.63) is 53.6 Å². The molecule has 0 amide bonds.